The monoisotopic (exact) mass is 398 g/mol. The largest absolute Gasteiger partial charge is 0.345 e. The molecule has 152 valence electrons. The smallest absolute Gasteiger partial charge is 0.227 e. The van der Waals surface area contributed by atoms with Crippen LogP contribution in [0.1, 0.15) is 36.1 Å². The van der Waals surface area contributed by atoms with Gasteiger partial charge < -0.3 is 10.2 Å². The Morgan fingerprint density at radius 2 is 1.50 bits per heavy atom. The second-order valence-electron chi connectivity index (χ2n) is 7.69. The van der Waals surface area contributed by atoms with Gasteiger partial charge in [0.05, 0.1) is 12.0 Å². The van der Waals surface area contributed by atoms with E-state index >= 15 is 0 Å². The van der Waals surface area contributed by atoms with Gasteiger partial charge in [0, 0.05) is 18.7 Å². The zero-order chi connectivity index (χ0) is 20.9. The standard InChI is InChI=1S/C26H26N2O2/c1-2-19-13-15-23(16-14-19)28-18-22(17-24(28)29)26(30)27-25(20-9-5-3-6-10-20)21-11-7-4-8-12-21/h3-16,22,25H,2,17-18H2,1H3,(H,27,30)/t22-/m0/s1. The van der Waals surface area contributed by atoms with Crippen LogP contribution in [0.2, 0.25) is 0 Å². The average molecular weight is 399 g/mol. The molecule has 0 unspecified atom stereocenters. The van der Waals surface area contributed by atoms with Gasteiger partial charge in [0.25, 0.3) is 0 Å². The Morgan fingerprint density at radius 3 is 2.03 bits per heavy atom. The zero-order valence-electron chi connectivity index (χ0n) is 17.1. The summed E-state index contributed by atoms with van der Waals surface area (Å²) in [5.41, 5.74) is 4.13. The molecule has 1 atom stereocenters. The van der Waals surface area contributed by atoms with Gasteiger partial charge in [-0.15, -0.1) is 0 Å². The summed E-state index contributed by atoms with van der Waals surface area (Å²) in [7, 11) is 0. The van der Waals surface area contributed by atoms with Gasteiger partial charge in [-0.2, -0.15) is 0 Å². The maximum Gasteiger partial charge on any atom is 0.227 e. The first-order chi connectivity index (χ1) is 14.7. The lowest BCUT2D eigenvalue weighted by molar-refractivity contribution is -0.126. The van der Waals surface area contributed by atoms with Crippen molar-refractivity contribution in [2.24, 2.45) is 5.92 Å². The summed E-state index contributed by atoms with van der Waals surface area (Å²) in [6, 6.07) is 27.6. The van der Waals surface area contributed by atoms with Gasteiger partial charge in [-0.3, -0.25) is 9.59 Å². The minimum absolute atomic E-state index is 0.00429. The van der Waals surface area contributed by atoms with Gasteiger partial charge in [0.15, 0.2) is 0 Å². The fraction of sp³-hybridized carbons (Fsp3) is 0.231. The Morgan fingerprint density at radius 1 is 0.933 bits per heavy atom. The van der Waals surface area contributed by atoms with Crippen LogP contribution in [-0.2, 0) is 16.0 Å². The van der Waals surface area contributed by atoms with Crippen molar-refractivity contribution < 1.29 is 9.59 Å². The summed E-state index contributed by atoms with van der Waals surface area (Å²) in [6.07, 6.45) is 1.19. The van der Waals surface area contributed by atoms with Crippen LogP contribution in [0.4, 0.5) is 5.69 Å². The van der Waals surface area contributed by atoms with Crippen molar-refractivity contribution in [1.82, 2.24) is 5.32 Å². The molecule has 1 aliphatic heterocycles. The van der Waals surface area contributed by atoms with Crippen molar-refractivity contribution in [2.45, 2.75) is 25.8 Å². The number of hydrogen-bond donors (Lipinski definition) is 1. The summed E-state index contributed by atoms with van der Waals surface area (Å²) in [4.78, 5) is 27.5. The predicted octanol–water partition coefficient (Wildman–Crippen LogP) is 4.51. The van der Waals surface area contributed by atoms with Crippen molar-refractivity contribution in [3.63, 3.8) is 0 Å². The van der Waals surface area contributed by atoms with Gasteiger partial charge in [-0.05, 0) is 35.2 Å². The number of aryl methyl sites for hydroxylation is 1. The van der Waals surface area contributed by atoms with Crippen molar-refractivity contribution in [2.75, 3.05) is 11.4 Å². The molecule has 30 heavy (non-hydrogen) atoms. The number of anilines is 1. The minimum atomic E-state index is -0.363. The van der Waals surface area contributed by atoms with Gasteiger partial charge in [0.2, 0.25) is 11.8 Å². The van der Waals surface area contributed by atoms with E-state index in [1.54, 1.807) is 4.90 Å². The lowest BCUT2D eigenvalue weighted by atomic mass is 9.97. The highest BCUT2D eigenvalue weighted by molar-refractivity contribution is 6.00. The summed E-state index contributed by atoms with van der Waals surface area (Å²) < 4.78 is 0. The molecule has 0 saturated carbocycles. The molecule has 1 fully saturated rings. The molecule has 1 saturated heterocycles. The fourth-order valence-corrected chi connectivity index (χ4v) is 3.95. The molecule has 0 aromatic heterocycles. The lowest BCUT2D eigenvalue weighted by Crippen LogP contribution is -2.36. The molecule has 0 aliphatic carbocycles. The maximum absolute atomic E-state index is 13.1. The predicted molar refractivity (Wildman–Crippen MR) is 119 cm³/mol. The first kappa shape index (κ1) is 19.9. The third-order valence-electron chi connectivity index (χ3n) is 5.70. The summed E-state index contributed by atoms with van der Waals surface area (Å²) in [5, 5.41) is 3.18. The molecule has 3 aromatic rings. The molecule has 2 amide bonds. The molecule has 1 aliphatic rings. The number of hydrogen-bond acceptors (Lipinski definition) is 2. The molecular weight excluding hydrogens is 372 g/mol. The van der Waals surface area contributed by atoms with Crippen molar-refractivity contribution in [1.29, 1.82) is 0 Å². The number of rotatable bonds is 6. The molecule has 1 N–H and O–H groups in total. The van der Waals surface area contributed by atoms with Gasteiger partial charge in [0.1, 0.15) is 0 Å². The topological polar surface area (TPSA) is 49.4 Å². The van der Waals surface area contributed by atoms with Crippen LogP contribution < -0.4 is 10.2 Å². The van der Waals surface area contributed by atoms with E-state index < -0.39 is 0 Å². The van der Waals surface area contributed by atoms with Crippen molar-refractivity contribution in [3.05, 3.63) is 102 Å². The van der Waals surface area contributed by atoms with Crippen molar-refractivity contribution in [3.8, 4) is 0 Å². The van der Waals surface area contributed by atoms with E-state index in [0.717, 1.165) is 23.2 Å². The van der Waals surface area contributed by atoms with E-state index in [4.69, 9.17) is 0 Å². The number of nitrogens with zero attached hydrogens (tertiary/aromatic N) is 1. The third-order valence-corrected chi connectivity index (χ3v) is 5.70. The molecule has 0 radical (unpaired) electrons. The van der Waals surface area contributed by atoms with Gasteiger partial charge in [-0.1, -0.05) is 79.7 Å². The second-order valence-corrected chi connectivity index (χ2v) is 7.69. The Labute approximate surface area is 177 Å². The van der Waals surface area contributed by atoms with Crippen LogP contribution in [0, 0.1) is 5.92 Å². The normalized spacial score (nSPS) is 16.1. The summed E-state index contributed by atoms with van der Waals surface area (Å²) in [6.45, 7) is 2.51. The van der Waals surface area contributed by atoms with E-state index in [0.29, 0.717) is 6.54 Å². The Hall–Kier alpha value is -3.40. The third kappa shape index (κ3) is 4.28. The van der Waals surface area contributed by atoms with E-state index in [1.807, 2.05) is 84.9 Å². The molecule has 4 rings (SSSR count). The van der Waals surface area contributed by atoms with Gasteiger partial charge in [-0.25, -0.2) is 0 Å². The van der Waals surface area contributed by atoms with E-state index in [2.05, 4.69) is 12.2 Å². The number of carbonyl (C=O) groups excluding carboxylic acids is 2. The highest BCUT2D eigenvalue weighted by atomic mass is 16.2. The summed E-state index contributed by atoms with van der Waals surface area (Å²) in [5.74, 6) is -0.456. The Kier molecular flexibility index (Phi) is 5.94. The second kappa shape index (κ2) is 8.95. The molecule has 4 heteroatoms. The van der Waals surface area contributed by atoms with Crippen LogP contribution in [0.3, 0.4) is 0 Å². The van der Waals surface area contributed by atoms with Crippen LogP contribution in [-0.4, -0.2) is 18.4 Å². The lowest BCUT2D eigenvalue weighted by Gasteiger charge is -2.22. The zero-order valence-corrected chi connectivity index (χ0v) is 17.1. The molecule has 0 bridgehead atoms. The first-order valence-electron chi connectivity index (χ1n) is 10.4. The van der Waals surface area contributed by atoms with E-state index in [9.17, 15) is 9.59 Å². The van der Waals surface area contributed by atoms with Crippen LogP contribution in [0.15, 0.2) is 84.9 Å². The number of carbonyl (C=O) groups is 2. The number of benzene rings is 3. The summed E-state index contributed by atoms with van der Waals surface area (Å²) >= 11 is 0. The van der Waals surface area contributed by atoms with Crippen molar-refractivity contribution >= 4 is 17.5 Å². The van der Waals surface area contributed by atoms with Crippen LogP contribution in [0.25, 0.3) is 0 Å². The maximum atomic E-state index is 13.1. The average Bonchev–Trinajstić information content (AvgIpc) is 3.20. The van der Waals surface area contributed by atoms with Gasteiger partial charge >= 0.3 is 0 Å². The van der Waals surface area contributed by atoms with E-state index in [1.165, 1.54) is 5.56 Å². The minimum Gasteiger partial charge on any atom is -0.345 e. The molecule has 1 heterocycles. The first-order valence-corrected chi connectivity index (χ1v) is 10.4. The van der Waals surface area contributed by atoms with Crippen LogP contribution >= 0.6 is 0 Å². The molecule has 4 nitrogen and oxygen atoms in total. The quantitative estimate of drug-likeness (QED) is 0.664. The van der Waals surface area contributed by atoms with Crippen LogP contribution in [0.5, 0.6) is 0 Å². The highest BCUT2D eigenvalue weighted by Gasteiger charge is 2.36. The Bertz CT molecular complexity index is 961. The molecule has 0 spiro atoms. The van der Waals surface area contributed by atoms with E-state index in [-0.39, 0.29) is 30.2 Å². The fourth-order valence-electron chi connectivity index (χ4n) is 3.95. The highest BCUT2D eigenvalue weighted by Crippen LogP contribution is 2.28. The number of amides is 2. The number of nitrogens with one attached hydrogen (secondary N) is 1. The SMILES string of the molecule is CCc1ccc(N2C[C@@H](C(=O)NC(c3ccccc3)c3ccccc3)CC2=O)cc1. The Balaban J connectivity index is 1.51. The molecule has 3 aromatic carbocycles. The molecular formula is C26H26N2O2.